The minimum atomic E-state index is -0.200. The maximum Gasteiger partial charge on any atom is 0.239 e. The van der Waals surface area contributed by atoms with Gasteiger partial charge in [-0.3, -0.25) is 4.79 Å². The standard InChI is InChI=1S/C25H31N3O3S/c1-5-6-13-31-21-12-9-19(14-22(21)30-4)16-26-28-25-27-24(29)23(32-25)15-18-7-10-20(11-8-18)17(2)3/h7-12,14,16-17,23H,5-6,13,15H2,1-4H3,(H,27,28,29)/b26-16+. The monoisotopic (exact) mass is 453 g/mol. The summed E-state index contributed by atoms with van der Waals surface area (Å²) >= 11 is 1.41. The van der Waals surface area contributed by atoms with E-state index in [1.807, 2.05) is 18.2 Å². The summed E-state index contributed by atoms with van der Waals surface area (Å²) in [7, 11) is 1.62. The number of thioether (sulfide) groups is 1. The summed E-state index contributed by atoms with van der Waals surface area (Å²) in [4.78, 5) is 12.3. The van der Waals surface area contributed by atoms with Crippen LogP contribution in [0.4, 0.5) is 0 Å². The normalized spacial score (nSPS) is 17.3. The zero-order valence-electron chi connectivity index (χ0n) is 19.1. The van der Waals surface area contributed by atoms with Crippen molar-refractivity contribution in [2.45, 2.75) is 51.2 Å². The molecule has 1 saturated heterocycles. The van der Waals surface area contributed by atoms with Gasteiger partial charge in [-0.2, -0.15) is 5.10 Å². The molecule has 0 aliphatic carbocycles. The SMILES string of the molecule is CCCCOc1ccc(/C=N/N=C2\NC(=O)C(Cc3ccc(C(C)C)cc3)S2)cc1OC. The van der Waals surface area contributed by atoms with Crippen LogP contribution in [0.2, 0.25) is 0 Å². The number of ether oxygens (including phenoxy) is 2. The van der Waals surface area contributed by atoms with E-state index in [9.17, 15) is 4.79 Å². The lowest BCUT2D eigenvalue weighted by Crippen LogP contribution is -2.25. The quantitative estimate of drug-likeness (QED) is 0.306. The number of hydrogen-bond acceptors (Lipinski definition) is 6. The van der Waals surface area contributed by atoms with Gasteiger partial charge >= 0.3 is 0 Å². The van der Waals surface area contributed by atoms with Gasteiger partial charge in [0.15, 0.2) is 16.7 Å². The van der Waals surface area contributed by atoms with Gasteiger partial charge in [0.2, 0.25) is 5.91 Å². The van der Waals surface area contributed by atoms with Crippen molar-refractivity contribution in [1.82, 2.24) is 5.32 Å². The van der Waals surface area contributed by atoms with E-state index in [-0.39, 0.29) is 11.2 Å². The largest absolute Gasteiger partial charge is 0.493 e. The highest BCUT2D eigenvalue weighted by molar-refractivity contribution is 8.15. The van der Waals surface area contributed by atoms with Crippen LogP contribution >= 0.6 is 11.8 Å². The first-order valence-corrected chi connectivity index (χ1v) is 11.9. The molecule has 170 valence electrons. The molecule has 1 aliphatic heterocycles. The number of amides is 1. The average molecular weight is 454 g/mol. The summed E-state index contributed by atoms with van der Waals surface area (Å²) in [5, 5.41) is 11.5. The summed E-state index contributed by atoms with van der Waals surface area (Å²) < 4.78 is 11.2. The molecule has 1 unspecified atom stereocenters. The van der Waals surface area contributed by atoms with Gasteiger partial charge in [-0.1, -0.05) is 63.2 Å². The summed E-state index contributed by atoms with van der Waals surface area (Å²) in [5.74, 6) is 1.83. The van der Waals surface area contributed by atoms with Crippen molar-refractivity contribution in [3.05, 3.63) is 59.2 Å². The highest BCUT2D eigenvalue weighted by Gasteiger charge is 2.30. The van der Waals surface area contributed by atoms with Crippen LogP contribution in [-0.4, -0.2) is 36.3 Å². The van der Waals surface area contributed by atoms with Gasteiger partial charge in [0.05, 0.1) is 25.2 Å². The Hall–Kier alpha value is -2.80. The predicted octanol–water partition coefficient (Wildman–Crippen LogP) is 5.16. The number of unbranched alkanes of at least 4 members (excludes halogenated alkanes) is 1. The number of carbonyl (C=O) groups excluding carboxylic acids is 1. The van der Waals surface area contributed by atoms with Gasteiger partial charge in [-0.15, -0.1) is 5.10 Å². The summed E-state index contributed by atoms with van der Waals surface area (Å²) in [6.45, 7) is 7.13. The third kappa shape index (κ3) is 6.60. The van der Waals surface area contributed by atoms with Crippen LogP contribution in [0, 0.1) is 0 Å². The molecule has 0 saturated carbocycles. The Balaban J connectivity index is 1.59. The fraction of sp³-hybridized carbons (Fsp3) is 0.400. The van der Waals surface area contributed by atoms with Crippen LogP contribution in [0.25, 0.3) is 0 Å². The predicted molar refractivity (Wildman–Crippen MR) is 132 cm³/mol. The summed E-state index contributed by atoms with van der Waals surface area (Å²) in [6, 6.07) is 14.1. The second-order valence-corrected chi connectivity index (χ2v) is 9.15. The minimum absolute atomic E-state index is 0.0351. The van der Waals surface area contributed by atoms with Crippen molar-refractivity contribution in [2.24, 2.45) is 10.2 Å². The van der Waals surface area contributed by atoms with Gasteiger partial charge in [0.25, 0.3) is 0 Å². The van der Waals surface area contributed by atoms with Crippen LogP contribution in [0.1, 0.15) is 56.2 Å². The van der Waals surface area contributed by atoms with Crippen LogP contribution in [0.15, 0.2) is 52.7 Å². The van der Waals surface area contributed by atoms with E-state index in [1.54, 1.807) is 13.3 Å². The first-order chi connectivity index (χ1) is 15.5. The van der Waals surface area contributed by atoms with E-state index in [2.05, 4.69) is 60.6 Å². The Bertz CT molecular complexity index is 971. The van der Waals surface area contributed by atoms with Crippen molar-refractivity contribution in [2.75, 3.05) is 13.7 Å². The second-order valence-electron chi connectivity index (χ2n) is 7.96. The van der Waals surface area contributed by atoms with Gasteiger partial charge in [0.1, 0.15) is 0 Å². The van der Waals surface area contributed by atoms with Gasteiger partial charge in [-0.25, -0.2) is 0 Å². The molecule has 1 atom stereocenters. The van der Waals surface area contributed by atoms with Crippen LogP contribution < -0.4 is 14.8 Å². The van der Waals surface area contributed by atoms with Crippen molar-refractivity contribution >= 4 is 29.1 Å². The number of carbonyl (C=O) groups is 1. The van der Waals surface area contributed by atoms with Crippen LogP contribution in [0.3, 0.4) is 0 Å². The molecule has 1 amide bonds. The van der Waals surface area contributed by atoms with Crippen molar-refractivity contribution in [1.29, 1.82) is 0 Å². The number of benzene rings is 2. The summed E-state index contributed by atoms with van der Waals surface area (Å²) in [5.41, 5.74) is 3.27. The number of hydrogen-bond donors (Lipinski definition) is 1. The maximum atomic E-state index is 12.3. The molecule has 1 aliphatic rings. The lowest BCUT2D eigenvalue weighted by atomic mass is 10.0. The van der Waals surface area contributed by atoms with Gasteiger partial charge in [-0.05, 0) is 53.6 Å². The van der Waals surface area contributed by atoms with E-state index in [4.69, 9.17) is 9.47 Å². The molecule has 6 nitrogen and oxygen atoms in total. The molecule has 0 aromatic heterocycles. The first-order valence-electron chi connectivity index (χ1n) is 11.0. The lowest BCUT2D eigenvalue weighted by Gasteiger charge is -2.10. The molecule has 2 aromatic rings. The zero-order chi connectivity index (χ0) is 22.9. The molecule has 1 fully saturated rings. The molecule has 1 heterocycles. The molecule has 7 heteroatoms. The highest BCUT2D eigenvalue weighted by Crippen LogP contribution is 2.28. The van der Waals surface area contributed by atoms with Crippen LogP contribution in [-0.2, 0) is 11.2 Å². The molecule has 32 heavy (non-hydrogen) atoms. The van der Waals surface area contributed by atoms with E-state index in [1.165, 1.54) is 17.3 Å². The number of methoxy groups -OCH3 is 1. The third-order valence-corrected chi connectivity index (χ3v) is 6.21. The molecule has 0 radical (unpaired) electrons. The number of nitrogens with zero attached hydrogens (tertiary/aromatic N) is 2. The Labute approximate surface area is 194 Å². The maximum absolute atomic E-state index is 12.3. The number of rotatable bonds is 10. The van der Waals surface area contributed by atoms with E-state index >= 15 is 0 Å². The van der Waals surface area contributed by atoms with Crippen molar-refractivity contribution in [3.63, 3.8) is 0 Å². The first kappa shape index (κ1) is 23.9. The minimum Gasteiger partial charge on any atom is -0.493 e. The van der Waals surface area contributed by atoms with E-state index in [0.29, 0.717) is 35.6 Å². The van der Waals surface area contributed by atoms with Crippen molar-refractivity contribution < 1.29 is 14.3 Å². The summed E-state index contributed by atoms with van der Waals surface area (Å²) in [6.07, 6.45) is 4.37. The average Bonchev–Trinajstić information content (AvgIpc) is 3.13. The van der Waals surface area contributed by atoms with Gasteiger partial charge < -0.3 is 14.8 Å². The molecular formula is C25H31N3O3S. The Morgan fingerprint density at radius 1 is 1.16 bits per heavy atom. The molecule has 1 N–H and O–H groups in total. The van der Waals surface area contributed by atoms with Crippen LogP contribution in [0.5, 0.6) is 11.5 Å². The molecule has 0 spiro atoms. The number of nitrogens with one attached hydrogen (secondary N) is 1. The molecule has 3 rings (SSSR count). The van der Waals surface area contributed by atoms with Crippen molar-refractivity contribution in [3.8, 4) is 11.5 Å². The third-order valence-electron chi connectivity index (χ3n) is 5.14. The topological polar surface area (TPSA) is 72.3 Å². The van der Waals surface area contributed by atoms with E-state index in [0.717, 1.165) is 24.0 Å². The van der Waals surface area contributed by atoms with Gasteiger partial charge in [0, 0.05) is 0 Å². The Morgan fingerprint density at radius 2 is 1.94 bits per heavy atom. The molecule has 2 aromatic carbocycles. The molecule has 0 bridgehead atoms. The highest BCUT2D eigenvalue weighted by atomic mass is 32.2. The lowest BCUT2D eigenvalue weighted by molar-refractivity contribution is -0.118. The fourth-order valence-corrected chi connectivity index (χ4v) is 4.16. The number of amidine groups is 1. The Morgan fingerprint density at radius 3 is 2.62 bits per heavy atom. The fourth-order valence-electron chi connectivity index (χ4n) is 3.20. The molecular weight excluding hydrogens is 422 g/mol. The second kappa shape index (κ2) is 11.7. The smallest absolute Gasteiger partial charge is 0.239 e. The Kier molecular flexibility index (Phi) is 8.73. The van der Waals surface area contributed by atoms with E-state index < -0.39 is 0 Å². The zero-order valence-corrected chi connectivity index (χ0v) is 19.9.